The fourth-order valence-electron chi connectivity index (χ4n) is 6.60. The van der Waals surface area contributed by atoms with Crippen LogP contribution in [0, 0.1) is 6.92 Å². The summed E-state index contributed by atoms with van der Waals surface area (Å²) >= 11 is 0. The van der Waals surface area contributed by atoms with Gasteiger partial charge in [-0.05, 0) is 73.2 Å². The predicted octanol–water partition coefficient (Wildman–Crippen LogP) is 5.89. The third kappa shape index (κ3) is 8.54. The molecule has 1 amide bonds. The molecule has 14 heteroatoms. The van der Waals surface area contributed by atoms with Gasteiger partial charge in [0.05, 0.1) is 32.7 Å². The van der Waals surface area contributed by atoms with Gasteiger partial charge >= 0.3 is 12.1 Å². The monoisotopic (exact) mass is 724 g/mol. The number of methoxy groups -OCH3 is 2. The van der Waals surface area contributed by atoms with Crippen LogP contribution in [0.25, 0.3) is 5.65 Å². The number of aryl methyl sites for hydroxylation is 1. The minimum atomic E-state index is -1.09. The number of carbonyl (C=O) groups is 1. The summed E-state index contributed by atoms with van der Waals surface area (Å²) in [5.41, 5.74) is 4.50. The minimum absolute atomic E-state index is 0.0219. The molecular formula is C39H48N8O6. The van der Waals surface area contributed by atoms with Gasteiger partial charge in [0.1, 0.15) is 23.4 Å². The molecule has 0 aliphatic carbocycles. The van der Waals surface area contributed by atoms with Crippen molar-refractivity contribution >= 4 is 23.4 Å². The molecule has 0 bridgehead atoms. The number of carboxylic acid groups (broad SMARTS) is 1. The SMILES string of the molecule is CCCCOc1nc(N(Cc2ccc(OC)cc2)Cc2ccc(OC)cc2)c2ncc(C(O)c3cnc(N4CCC(N(C)C(=O)O)CC4)c(C)c3)n2n1. The van der Waals surface area contributed by atoms with Crippen LogP contribution in [0.4, 0.5) is 16.4 Å². The normalized spacial score (nSPS) is 13.9. The maximum absolute atomic E-state index is 11.8. The highest BCUT2D eigenvalue weighted by molar-refractivity contribution is 5.66. The minimum Gasteiger partial charge on any atom is -0.497 e. The Morgan fingerprint density at radius 2 is 1.58 bits per heavy atom. The van der Waals surface area contributed by atoms with Crippen molar-refractivity contribution in [1.82, 2.24) is 29.5 Å². The first kappa shape index (κ1) is 37.1. The highest BCUT2D eigenvalue weighted by atomic mass is 16.5. The molecule has 1 fully saturated rings. The topological polar surface area (TPSA) is 151 Å². The molecule has 1 unspecified atom stereocenters. The van der Waals surface area contributed by atoms with Crippen molar-refractivity contribution in [2.75, 3.05) is 50.8 Å². The summed E-state index contributed by atoms with van der Waals surface area (Å²) in [5, 5.41) is 26.0. The number of rotatable bonds is 15. The van der Waals surface area contributed by atoms with Crippen LogP contribution < -0.4 is 24.0 Å². The molecule has 3 aromatic heterocycles. The summed E-state index contributed by atoms with van der Waals surface area (Å²) in [6.45, 7) is 6.88. The molecule has 4 heterocycles. The summed E-state index contributed by atoms with van der Waals surface area (Å²) in [4.78, 5) is 31.6. The van der Waals surface area contributed by atoms with Crippen molar-refractivity contribution in [3.8, 4) is 17.5 Å². The van der Waals surface area contributed by atoms with Gasteiger partial charge in [0.15, 0.2) is 11.5 Å². The van der Waals surface area contributed by atoms with Crippen LogP contribution in [-0.4, -0.2) is 92.8 Å². The van der Waals surface area contributed by atoms with E-state index in [1.807, 2.05) is 61.5 Å². The smallest absolute Gasteiger partial charge is 0.407 e. The molecular weight excluding hydrogens is 676 g/mol. The van der Waals surface area contributed by atoms with Crippen molar-refractivity contribution in [3.05, 3.63) is 94.9 Å². The molecule has 0 radical (unpaired) electrons. The molecule has 6 rings (SSSR count). The Kier molecular flexibility index (Phi) is 11.8. The zero-order valence-corrected chi connectivity index (χ0v) is 31.0. The molecule has 1 aliphatic heterocycles. The van der Waals surface area contributed by atoms with Crippen LogP contribution in [-0.2, 0) is 13.1 Å². The lowest BCUT2D eigenvalue weighted by Gasteiger charge is -2.36. The van der Waals surface area contributed by atoms with Gasteiger partial charge in [-0.3, -0.25) is 0 Å². The van der Waals surface area contributed by atoms with Crippen molar-refractivity contribution in [2.45, 2.75) is 64.8 Å². The number of hydrogen-bond donors (Lipinski definition) is 2. The lowest BCUT2D eigenvalue weighted by Crippen LogP contribution is -2.45. The van der Waals surface area contributed by atoms with E-state index in [2.05, 4.69) is 16.7 Å². The second-order valence-corrected chi connectivity index (χ2v) is 13.3. The average molecular weight is 725 g/mol. The van der Waals surface area contributed by atoms with Crippen LogP contribution in [0.2, 0.25) is 0 Å². The third-order valence-corrected chi connectivity index (χ3v) is 9.73. The van der Waals surface area contributed by atoms with Gasteiger partial charge in [0.2, 0.25) is 0 Å². The number of hydrogen-bond acceptors (Lipinski definition) is 11. The number of fused-ring (bicyclic) bond motifs is 1. The van der Waals surface area contributed by atoms with E-state index in [4.69, 9.17) is 34.3 Å². The number of amides is 1. The maximum atomic E-state index is 11.8. The maximum Gasteiger partial charge on any atom is 0.407 e. The van der Waals surface area contributed by atoms with E-state index in [9.17, 15) is 15.0 Å². The number of anilines is 2. The lowest BCUT2D eigenvalue weighted by molar-refractivity contribution is 0.131. The van der Waals surface area contributed by atoms with E-state index in [1.165, 1.54) is 4.90 Å². The fourth-order valence-corrected chi connectivity index (χ4v) is 6.60. The van der Waals surface area contributed by atoms with E-state index in [0.29, 0.717) is 55.5 Å². The third-order valence-electron chi connectivity index (χ3n) is 9.73. The standard InChI is InChI=1S/C39H48N8O6/c1-6-7-20-53-38-42-37(46(24-27-8-12-31(51-4)13-9-27)25-28-10-14-32(52-5)15-11-28)36-41-23-33(47(36)43-38)34(48)29-21-26(2)35(40-22-29)45-18-16-30(17-19-45)44(3)39(49)50/h8-15,21-23,30,34,48H,6-7,16-20,24-25H2,1-5H3,(H,49,50). The number of pyridine rings is 1. The number of aliphatic hydroxyl groups excluding tert-OH is 1. The molecule has 1 saturated heterocycles. The first-order valence-corrected chi connectivity index (χ1v) is 17.9. The first-order chi connectivity index (χ1) is 25.7. The lowest BCUT2D eigenvalue weighted by atomic mass is 10.0. The van der Waals surface area contributed by atoms with E-state index in [-0.39, 0.29) is 12.1 Å². The van der Waals surface area contributed by atoms with Gasteiger partial charge in [0, 0.05) is 51.0 Å². The van der Waals surface area contributed by atoms with Gasteiger partial charge in [-0.1, -0.05) is 37.6 Å². The number of aliphatic hydroxyl groups is 1. The molecule has 0 spiro atoms. The van der Waals surface area contributed by atoms with Crippen molar-refractivity contribution in [2.24, 2.45) is 0 Å². The number of benzene rings is 2. The van der Waals surface area contributed by atoms with Crippen LogP contribution in [0.3, 0.4) is 0 Å². The second-order valence-electron chi connectivity index (χ2n) is 13.3. The Morgan fingerprint density at radius 1 is 0.962 bits per heavy atom. The summed E-state index contributed by atoms with van der Waals surface area (Å²) in [5.74, 6) is 2.91. The number of unbranched alkanes of at least 4 members (excludes halogenated alkanes) is 1. The van der Waals surface area contributed by atoms with Gasteiger partial charge < -0.3 is 39.1 Å². The van der Waals surface area contributed by atoms with Crippen LogP contribution >= 0.6 is 0 Å². The Labute approximate surface area is 309 Å². The van der Waals surface area contributed by atoms with Crippen molar-refractivity contribution < 1.29 is 29.2 Å². The molecule has 5 aromatic rings. The zero-order valence-electron chi connectivity index (χ0n) is 31.0. The molecule has 2 aromatic carbocycles. The Hall–Kier alpha value is -5.63. The number of aromatic nitrogens is 5. The number of nitrogens with zero attached hydrogens (tertiary/aromatic N) is 8. The van der Waals surface area contributed by atoms with E-state index < -0.39 is 12.2 Å². The van der Waals surface area contributed by atoms with Crippen LogP contribution in [0.15, 0.2) is 67.0 Å². The molecule has 1 aliphatic rings. The van der Waals surface area contributed by atoms with E-state index >= 15 is 0 Å². The molecule has 1 atom stereocenters. The highest BCUT2D eigenvalue weighted by Crippen LogP contribution is 2.32. The van der Waals surface area contributed by atoms with Gasteiger partial charge in [-0.25, -0.2) is 19.3 Å². The molecule has 14 nitrogen and oxygen atoms in total. The second kappa shape index (κ2) is 16.8. The predicted molar refractivity (Wildman–Crippen MR) is 201 cm³/mol. The van der Waals surface area contributed by atoms with Gasteiger partial charge in [0.25, 0.3) is 0 Å². The summed E-state index contributed by atoms with van der Waals surface area (Å²) in [6.07, 6.45) is 4.52. The van der Waals surface area contributed by atoms with Crippen molar-refractivity contribution in [1.29, 1.82) is 0 Å². The van der Waals surface area contributed by atoms with Crippen molar-refractivity contribution in [3.63, 3.8) is 0 Å². The Morgan fingerprint density at radius 3 is 2.13 bits per heavy atom. The summed E-state index contributed by atoms with van der Waals surface area (Å²) in [6, 6.07) is 17.9. The first-order valence-electron chi connectivity index (χ1n) is 17.9. The zero-order chi connectivity index (χ0) is 37.5. The van der Waals surface area contributed by atoms with Crippen LogP contribution in [0.5, 0.6) is 17.5 Å². The van der Waals surface area contributed by atoms with Crippen LogP contribution in [0.1, 0.15) is 66.7 Å². The fraction of sp³-hybridized carbons (Fsp3) is 0.410. The largest absolute Gasteiger partial charge is 0.497 e. The van der Waals surface area contributed by atoms with E-state index in [0.717, 1.165) is 59.7 Å². The Balaban J connectivity index is 1.34. The number of ether oxygens (including phenoxy) is 3. The number of piperidine rings is 1. The molecule has 280 valence electrons. The van der Waals surface area contributed by atoms with Gasteiger partial charge in [-0.2, -0.15) is 4.98 Å². The van der Waals surface area contributed by atoms with Gasteiger partial charge in [-0.15, -0.1) is 5.10 Å². The summed E-state index contributed by atoms with van der Waals surface area (Å²) in [7, 11) is 4.91. The molecule has 53 heavy (non-hydrogen) atoms. The molecule has 0 saturated carbocycles. The summed E-state index contributed by atoms with van der Waals surface area (Å²) < 4.78 is 18.5. The molecule has 2 N–H and O–H groups in total. The Bertz CT molecular complexity index is 1930. The number of imidazole rings is 1. The quantitative estimate of drug-likeness (QED) is 0.124. The van der Waals surface area contributed by atoms with E-state index in [1.54, 1.807) is 38.2 Å². The average Bonchev–Trinajstić information content (AvgIpc) is 3.61. The highest BCUT2D eigenvalue weighted by Gasteiger charge is 2.28.